The van der Waals surface area contributed by atoms with Gasteiger partial charge in [-0.15, -0.1) is 0 Å². The van der Waals surface area contributed by atoms with Crippen LogP contribution in [0.2, 0.25) is 0 Å². The fourth-order valence-electron chi connectivity index (χ4n) is 1.79. The SMILES string of the molecule is CSC/C(=N/O)c1ccc(-c2ccccc2)cc1. The van der Waals surface area contributed by atoms with Gasteiger partial charge in [-0.2, -0.15) is 11.8 Å². The van der Waals surface area contributed by atoms with Gasteiger partial charge in [-0.3, -0.25) is 0 Å². The van der Waals surface area contributed by atoms with E-state index in [4.69, 9.17) is 5.21 Å². The third kappa shape index (κ3) is 2.93. The molecule has 0 aliphatic rings. The van der Waals surface area contributed by atoms with E-state index >= 15 is 0 Å². The Morgan fingerprint density at radius 3 is 2.17 bits per heavy atom. The Bertz CT molecular complexity index is 520. The summed E-state index contributed by atoms with van der Waals surface area (Å²) in [5.41, 5.74) is 4.03. The zero-order chi connectivity index (χ0) is 12.8. The van der Waals surface area contributed by atoms with Gasteiger partial charge in [0.1, 0.15) is 0 Å². The van der Waals surface area contributed by atoms with Crippen molar-refractivity contribution in [3.63, 3.8) is 0 Å². The maximum Gasteiger partial charge on any atom is 0.0966 e. The van der Waals surface area contributed by atoms with E-state index in [1.807, 2.05) is 36.6 Å². The van der Waals surface area contributed by atoms with Crippen LogP contribution in [0.3, 0.4) is 0 Å². The van der Waals surface area contributed by atoms with Crippen LogP contribution >= 0.6 is 11.8 Å². The van der Waals surface area contributed by atoms with E-state index in [1.165, 1.54) is 11.1 Å². The zero-order valence-corrected chi connectivity index (χ0v) is 11.0. The molecule has 0 saturated carbocycles. The molecule has 0 aliphatic heterocycles. The molecule has 2 aromatic carbocycles. The van der Waals surface area contributed by atoms with Gasteiger partial charge >= 0.3 is 0 Å². The van der Waals surface area contributed by atoms with Crippen molar-refractivity contribution in [1.29, 1.82) is 0 Å². The number of oxime groups is 1. The van der Waals surface area contributed by atoms with Crippen LogP contribution in [0.5, 0.6) is 0 Å². The Kier molecular flexibility index (Phi) is 4.42. The van der Waals surface area contributed by atoms with Crippen molar-refractivity contribution >= 4 is 17.5 Å². The molecule has 0 fully saturated rings. The summed E-state index contributed by atoms with van der Waals surface area (Å²) in [5, 5.41) is 12.3. The van der Waals surface area contributed by atoms with Crippen molar-refractivity contribution in [2.24, 2.45) is 5.16 Å². The first-order chi connectivity index (χ1) is 8.85. The molecule has 0 bridgehead atoms. The van der Waals surface area contributed by atoms with Crippen LogP contribution in [-0.4, -0.2) is 22.9 Å². The molecule has 0 saturated heterocycles. The molecule has 1 N–H and O–H groups in total. The second kappa shape index (κ2) is 6.26. The van der Waals surface area contributed by atoms with Gasteiger partial charge < -0.3 is 5.21 Å². The summed E-state index contributed by atoms with van der Waals surface area (Å²) in [6.45, 7) is 0. The van der Waals surface area contributed by atoms with E-state index in [2.05, 4.69) is 29.4 Å². The first kappa shape index (κ1) is 12.7. The van der Waals surface area contributed by atoms with Gasteiger partial charge in [0.15, 0.2) is 0 Å². The standard InChI is InChI=1S/C15H15NOS/c1-18-11-15(16-17)14-9-7-13(8-10-14)12-5-3-2-4-6-12/h2-10,17H,11H2,1H3/b16-15-. The van der Waals surface area contributed by atoms with E-state index in [0.29, 0.717) is 11.5 Å². The molecule has 0 aromatic heterocycles. The summed E-state index contributed by atoms with van der Waals surface area (Å²) in [4.78, 5) is 0. The topological polar surface area (TPSA) is 32.6 Å². The highest BCUT2D eigenvalue weighted by atomic mass is 32.2. The number of rotatable bonds is 4. The van der Waals surface area contributed by atoms with Gasteiger partial charge in [0, 0.05) is 11.3 Å². The van der Waals surface area contributed by atoms with Crippen LogP contribution in [-0.2, 0) is 0 Å². The molecule has 2 nitrogen and oxygen atoms in total. The molecular weight excluding hydrogens is 242 g/mol. The van der Waals surface area contributed by atoms with Gasteiger partial charge in [0.05, 0.1) is 5.71 Å². The number of nitrogens with zero attached hydrogens (tertiary/aromatic N) is 1. The number of hydrogen-bond acceptors (Lipinski definition) is 3. The summed E-state index contributed by atoms with van der Waals surface area (Å²) < 4.78 is 0. The minimum atomic E-state index is 0.710. The van der Waals surface area contributed by atoms with Crippen LogP contribution in [0.1, 0.15) is 5.56 Å². The average molecular weight is 257 g/mol. The predicted molar refractivity (Wildman–Crippen MR) is 78.6 cm³/mol. The van der Waals surface area contributed by atoms with Crippen LogP contribution in [0.15, 0.2) is 59.8 Å². The molecule has 0 spiro atoms. The minimum absolute atomic E-state index is 0.710. The molecule has 0 radical (unpaired) electrons. The molecule has 0 atom stereocenters. The van der Waals surface area contributed by atoms with Gasteiger partial charge in [-0.1, -0.05) is 59.8 Å². The molecular formula is C15H15NOS. The molecule has 3 heteroatoms. The second-order valence-corrected chi connectivity index (χ2v) is 4.79. The third-order valence-electron chi connectivity index (χ3n) is 2.73. The molecule has 0 heterocycles. The monoisotopic (exact) mass is 257 g/mol. The lowest BCUT2D eigenvalue weighted by molar-refractivity contribution is 0.319. The quantitative estimate of drug-likeness (QED) is 0.512. The van der Waals surface area contributed by atoms with Crippen LogP contribution in [0, 0.1) is 0 Å². The summed E-state index contributed by atoms with van der Waals surface area (Å²) in [7, 11) is 0. The van der Waals surface area contributed by atoms with Crippen LogP contribution in [0.4, 0.5) is 0 Å². The Hall–Kier alpha value is -1.74. The van der Waals surface area contributed by atoms with Gasteiger partial charge in [-0.25, -0.2) is 0 Å². The second-order valence-electron chi connectivity index (χ2n) is 3.92. The van der Waals surface area contributed by atoms with Gasteiger partial charge in [0.25, 0.3) is 0 Å². The molecule has 18 heavy (non-hydrogen) atoms. The van der Waals surface area contributed by atoms with Crippen molar-refractivity contribution in [1.82, 2.24) is 0 Å². The molecule has 92 valence electrons. The lowest BCUT2D eigenvalue weighted by atomic mass is 10.0. The average Bonchev–Trinajstić information content (AvgIpc) is 2.46. The normalized spacial score (nSPS) is 11.5. The number of thioether (sulfide) groups is 1. The van der Waals surface area contributed by atoms with E-state index < -0.39 is 0 Å². The van der Waals surface area contributed by atoms with Gasteiger partial charge in [0.2, 0.25) is 0 Å². The predicted octanol–water partition coefficient (Wildman–Crippen LogP) is 3.89. The Morgan fingerprint density at radius 1 is 1.00 bits per heavy atom. The largest absolute Gasteiger partial charge is 0.411 e. The van der Waals surface area contributed by atoms with E-state index in [0.717, 1.165) is 5.56 Å². The highest BCUT2D eigenvalue weighted by Crippen LogP contribution is 2.19. The molecule has 2 aromatic rings. The maximum atomic E-state index is 8.97. The van der Waals surface area contributed by atoms with Crippen LogP contribution < -0.4 is 0 Å². The highest BCUT2D eigenvalue weighted by Gasteiger charge is 2.04. The Balaban J connectivity index is 2.25. The van der Waals surface area contributed by atoms with Gasteiger partial charge in [-0.05, 0) is 17.4 Å². The van der Waals surface area contributed by atoms with Crippen molar-refractivity contribution < 1.29 is 5.21 Å². The van der Waals surface area contributed by atoms with Crippen molar-refractivity contribution in [2.45, 2.75) is 0 Å². The van der Waals surface area contributed by atoms with E-state index in [9.17, 15) is 0 Å². The molecule has 0 amide bonds. The van der Waals surface area contributed by atoms with E-state index in [1.54, 1.807) is 11.8 Å². The fraction of sp³-hybridized carbons (Fsp3) is 0.133. The highest BCUT2D eigenvalue weighted by molar-refractivity contribution is 7.99. The number of hydrogen-bond donors (Lipinski definition) is 1. The lowest BCUT2D eigenvalue weighted by Gasteiger charge is -2.05. The number of benzene rings is 2. The van der Waals surface area contributed by atoms with E-state index in [-0.39, 0.29) is 0 Å². The molecule has 0 unspecified atom stereocenters. The summed E-state index contributed by atoms with van der Waals surface area (Å²) in [6, 6.07) is 18.3. The maximum absolute atomic E-state index is 8.97. The van der Waals surface area contributed by atoms with Crippen LogP contribution in [0.25, 0.3) is 11.1 Å². The summed E-state index contributed by atoms with van der Waals surface area (Å²) >= 11 is 1.64. The zero-order valence-electron chi connectivity index (χ0n) is 10.2. The lowest BCUT2D eigenvalue weighted by Crippen LogP contribution is -2.03. The third-order valence-corrected chi connectivity index (χ3v) is 3.29. The molecule has 2 rings (SSSR count). The van der Waals surface area contributed by atoms with Crippen molar-refractivity contribution in [3.8, 4) is 11.1 Å². The minimum Gasteiger partial charge on any atom is -0.411 e. The summed E-state index contributed by atoms with van der Waals surface area (Å²) in [6.07, 6.45) is 1.99. The van der Waals surface area contributed by atoms with Crippen molar-refractivity contribution in [2.75, 3.05) is 12.0 Å². The fourth-order valence-corrected chi connectivity index (χ4v) is 2.29. The Labute approximate surface area is 111 Å². The van der Waals surface area contributed by atoms with Crippen molar-refractivity contribution in [3.05, 3.63) is 60.2 Å². The summed E-state index contributed by atoms with van der Waals surface area (Å²) in [5.74, 6) is 0.710. The smallest absolute Gasteiger partial charge is 0.0966 e. The Morgan fingerprint density at radius 2 is 1.61 bits per heavy atom. The molecule has 0 aliphatic carbocycles. The first-order valence-corrected chi connectivity index (χ1v) is 7.10. The first-order valence-electron chi connectivity index (χ1n) is 5.71.